The van der Waals surface area contributed by atoms with Gasteiger partial charge in [0.05, 0.1) is 11.6 Å². The highest BCUT2D eigenvalue weighted by Gasteiger charge is 2.26. The summed E-state index contributed by atoms with van der Waals surface area (Å²) in [4.78, 5) is 18.3. The molecule has 0 bridgehead atoms. The molecule has 0 amide bonds. The van der Waals surface area contributed by atoms with Gasteiger partial charge < -0.3 is 14.7 Å². The van der Waals surface area contributed by atoms with Gasteiger partial charge in [-0.05, 0) is 56.9 Å². The molecule has 0 saturated carbocycles. The number of hydrogen-bond acceptors (Lipinski definition) is 5. The lowest BCUT2D eigenvalue weighted by molar-refractivity contribution is -0.142. The molecule has 2 heterocycles. The van der Waals surface area contributed by atoms with Gasteiger partial charge in [-0.25, -0.2) is 4.98 Å². The van der Waals surface area contributed by atoms with Gasteiger partial charge in [-0.15, -0.1) is 11.3 Å². The Morgan fingerprint density at radius 2 is 1.84 bits per heavy atom. The molecule has 0 spiro atoms. The summed E-state index contributed by atoms with van der Waals surface area (Å²) in [5.41, 5.74) is 6.71. The molecular weight excluding hydrogens is 408 g/mol. The summed E-state index contributed by atoms with van der Waals surface area (Å²) in [6, 6.07) is 12.6. The maximum atomic E-state index is 11.2. The first-order valence-corrected chi connectivity index (χ1v) is 11.5. The first kappa shape index (κ1) is 21.4. The topological polar surface area (TPSA) is 62.7 Å². The predicted molar refractivity (Wildman–Crippen MR) is 125 cm³/mol. The highest BCUT2D eigenvalue weighted by Crippen LogP contribution is 2.36. The van der Waals surface area contributed by atoms with Crippen molar-refractivity contribution in [1.29, 1.82) is 0 Å². The Morgan fingerprint density at radius 3 is 2.55 bits per heavy atom. The van der Waals surface area contributed by atoms with Crippen molar-refractivity contribution in [3.63, 3.8) is 0 Å². The fraction of sp³-hybridized carbons (Fsp3) is 0.360. The van der Waals surface area contributed by atoms with Crippen molar-refractivity contribution in [1.82, 2.24) is 4.98 Å². The molecule has 4 rings (SSSR count). The monoisotopic (exact) mass is 436 g/mol. The third-order valence-corrected chi connectivity index (χ3v) is 6.80. The van der Waals surface area contributed by atoms with Crippen LogP contribution in [0.15, 0.2) is 41.8 Å². The number of ether oxygens (including phenoxy) is 1. The Kier molecular flexibility index (Phi) is 6.28. The summed E-state index contributed by atoms with van der Waals surface area (Å²) in [6.07, 6.45) is 1.33. The van der Waals surface area contributed by atoms with Gasteiger partial charge in [0, 0.05) is 24.0 Å². The number of anilines is 1. The van der Waals surface area contributed by atoms with E-state index in [0.29, 0.717) is 19.4 Å². The number of aryl methyl sites for hydroxylation is 3. The van der Waals surface area contributed by atoms with Crippen molar-refractivity contribution in [2.75, 3.05) is 18.0 Å². The maximum Gasteiger partial charge on any atom is 0.306 e. The lowest BCUT2D eigenvalue weighted by Gasteiger charge is -2.29. The number of aliphatic carboxylic acids is 1. The van der Waals surface area contributed by atoms with Gasteiger partial charge in [-0.3, -0.25) is 4.79 Å². The van der Waals surface area contributed by atoms with Gasteiger partial charge in [0.2, 0.25) is 0 Å². The number of carboxylic acids is 1. The highest BCUT2D eigenvalue weighted by molar-refractivity contribution is 7.14. The minimum atomic E-state index is -0.690. The van der Waals surface area contributed by atoms with E-state index in [1.807, 2.05) is 6.07 Å². The molecule has 0 aliphatic carbocycles. The standard InChI is InChI=1S/C25H28N2O3S/c1-16-4-6-20(18(3)12-16)14-30-23-7-5-17(2)13-21(23)22-15-31-25(26-22)27-10-8-19(9-11-27)24(28)29/h4-7,12-13,15,19H,8-11,14H2,1-3H3,(H,28,29). The molecule has 31 heavy (non-hydrogen) atoms. The molecular formula is C25H28N2O3S. The number of piperidine rings is 1. The maximum absolute atomic E-state index is 11.2. The lowest BCUT2D eigenvalue weighted by atomic mass is 9.97. The Bertz CT molecular complexity index is 1080. The van der Waals surface area contributed by atoms with Crippen LogP contribution in [0.1, 0.15) is 35.1 Å². The molecule has 0 unspecified atom stereocenters. The largest absolute Gasteiger partial charge is 0.488 e. The Morgan fingerprint density at radius 1 is 1.13 bits per heavy atom. The van der Waals surface area contributed by atoms with E-state index in [0.717, 1.165) is 40.8 Å². The third kappa shape index (κ3) is 4.90. The number of hydrogen-bond donors (Lipinski definition) is 1. The molecule has 6 heteroatoms. The minimum absolute atomic E-state index is 0.238. The van der Waals surface area contributed by atoms with Crippen LogP contribution >= 0.6 is 11.3 Å². The zero-order valence-corrected chi connectivity index (χ0v) is 19.0. The van der Waals surface area contributed by atoms with Gasteiger partial charge >= 0.3 is 5.97 Å². The van der Waals surface area contributed by atoms with E-state index in [1.165, 1.54) is 16.7 Å². The van der Waals surface area contributed by atoms with Crippen LogP contribution in [0.25, 0.3) is 11.3 Å². The smallest absolute Gasteiger partial charge is 0.306 e. The third-order valence-electron chi connectivity index (χ3n) is 5.90. The zero-order valence-electron chi connectivity index (χ0n) is 18.2. The molecule has 2 aromatic carbocycles. The molecule has 1 aliphatic rings. The number of nitrogens with zero attached hydrogens (tertiary/aromatic N) is 2. The van der Waals surface area contributed by atoms with Gasteiger partial charge in [0.15, 0.2) is 5.13 Å². The van der Waals surface area contributed by atoms with E-state index in [-0.39, 0.29) is 5.92 Å². The number of thiazole rings is 1. The van der Waals surface area contributed by atoms with E-state index in [2.05, 4.69) is 61.4 Å². The zero-order chi connectivity index (χ0) is 22.0. The van der Waals surface area contributed by atoms with Crippen LogP contribution in [-0.2, 0) is 11.4 Å². The number of carbonyl (C=O) groups is 1. The summed E-state index contributed by atoms with van der Waals surface area (Å²) >= 11 is 1.61. The van der Waals surface area contributed by atoms with E-state index in [1.54, 1.807) is 11.3 Å². The molecule has 1 N–H and O–H groups in total. The Hall–Kier alpha value is -2.86. The van der Waals surface area contributed by atoms with Crippen LogP contribution in [-0.4, -0.2) is 29.1 Å². The number of carboxylic acid groups (broad SMARTS) is 1. The number of rotatable bonds is 6. The molecule has 162 valence electrons. The molecule has 1 saturated heterocycles. The van der Waals surface area contributed by atoms with Crippen molar-refractivity contribution < 1.29 is 14.6 Å². The predicted octanol–water partition coefficient (Wildman–Crippen LogP) is 5.62. The van der Waals surface area contributed by atoms with Crippen molar-refractivity contribution in [2.45, 2.75) is 40.2 Å². The first-order valence-electron chi connectivity index (χ1n) is 10.6. The molecule has 1 aliphatic heterocycles. The SMILES string of the molecule is Cc1ccc(COc2ccc(C)cc2-c2csc(N3CCC(C(=O)O)CC3)n2)c(C)c1. The molecule has 5 nitrogen and oxygen atoms in total. The molecule has 1 aromatic heterocycles. The van der Waals surface area contributed by atoms with E-state index in [9.17, 15) is 9.90 Å². The molecule has 0 atom stereocenters. The van der Waals surface area contributed by atoms with Crippen LogP contribution in [0.2, 0.25) is 0 Å². The average molecular weight is 437 g/mol. The van der Waals surface area contributed by atoms with Crippen molar-refractivity contribution in [3.8, 4) is 17.0 Å². The summed E-state index contributed by atoms with van der Waals surface area (Å²) in [5, 5.41) is 12.2. The van der Waals surface area contributed by atoms with E-state index in [4.69, 9.17) is 9.72 Å². The van der Waals surface area contributed by atoms with Crippen LogP contribution < -0.4 is 9.64 Å². The Balaban J connectivity index is 1.52. The number of aromatic nitrogens is 1. The quantitative estimate of drug-likeness (QED) is 0.544. The fourth-order valence-electron chi connectivity index (χ4n) is 3.98. The van der Waals surface area contributed by atoms with E-state index < -0.39 is 5.97 Å². The summed E-state index contributed by atoms with van der Waals surface area (Å²) in [7, 11) is 0. The van der Waals surface area contributed by atoms with Gasteiger partial charge in [-0.2, -0.15) is 0 Å². The van der Waals surface area contributed by atoms with Gasteiger partial charge in [-0.1, -0.05) is 35.4 Å². The second kappa shape index (κ2) is 9.10. The summed E-state index contributed by atoms with van der Waals surface area (Å²) in [5.74, 6) is -0.102. The van der Waals surface area contributed by atoms with Crippen LogP contribution in [0.4, 0.5) is 5.13 Å². The lowest BCUT2D eigenvalue weighted by Crippen LogP contribution is -2.36. The van der Waals surface area contributed by atoms with E-state index >= 15 is 0 Å². The molecule has 0 radical (unpaired) electrons. The van der Waals surface area contributed by atoms with Crippen LogP contribution in [0.3, 0.4) is 0 Å². The van der Waals surface area contributed by atoms with Crippen LogP contribution in [0.5, 0.6) is 5.75 Å². The second-order valence-electron chi connectivity index (χ2n) is 8.33. The van der Waals surface area contributed by atoms with Crippen molar-refractivity contribution >= 4 is 22.4 Å². The summed E-state index contributed by atoms with van der Waals surface area (Å²) < 4.78 is 6.23. The van der Waals surface area contributed by atoms with Crippen LogP contribution in [0, 0.1) is 26.7 Å². The molecule has 1 fully saturated rings. The molecule has 3 aromatic rings. The second-order valence-corrected chi connectivity index (χ2v) is 9.17. The summed E-state index contributed by atoms with van der Waals surface area (Å²) in [6.45, 7) is 8.26. The normalized spacial score (nSPS) is 14.6. The minimum Gasteiger partial charge on any atom is -0.488 e. The van der Waals surface area contributed by atoms with Crippen molar-refractivity contribution in [3.05, 3.63) is 64.0 Å². The number of benzene rings is 2. The highest BCUT2D eigenvalue weighted by atomic mass is 32.1. The Labute approximate surface area is 187 Å². The van der Waals surface area contributed by atoms with Crippen molar-refractivity contribution in [2.24, 2.45) is 5.92 Å². The average Bonchev–Trinajstić information content (AvgIpc) is 3.24. The van der Waals surface area contributed by atoms with Gasteiger partial charge in [0.25, 0.3) is 0 Å². The van der Waals surface area contributed by atoms with Gasteiger partial charge in [0.1, 0.15) is 12.4 Å². The first-order chi connectivity index (χ1) is 14.9. The fourth-order valence-corrected chi connectivity index (χ4v) is 4.86.